The summed E-state index contributed by atoms with van der Waals surface area (Å²) in [7, 11) is -1.27. The van der Waals surface area contributed by atoms with Gasteiger partial charge in [0.2, 0.25) is 0 Å². The number of rotatable bonds is 7. The van der Waals surface area contributed by atoms with Crippen molar-refractivity contribution < 1.29 is 24.2 Å². The Labute approximate surface area is 171 Å². The maximum absolute atomic E-state index is 12.6. The van der Waals surface area contributed by atoms with Crippen LogP contribution in [-0.4, -0.2) is 79.7 Å². The molecule has 164 valence electrons. The first-order chi connectivity index (χ1) is 12.7. The quantitative estimate of drug-likeness (QED) is 0.641. The number of carbonyl (C=O) groups is 2. The summed E-state index contributed by atoms with van der Waals surface area (Å²) in [6, 6.07) is 0.911. The van der Waals surface area contributed by atoms with E-state index in [1.807, 2.05) is 34.6 Å². The van der Waals surface area contributed by atoms with E-state index in [4.69, 9.17) is 9.47 Å². The van der Waals surface area contributed by atoms with Gasteiger partial charge in [-0.25, -0.2) is 9.59 Å². The average Bonchev–Trinajstić information content (AvgIpc) is 2.92. The first-order valence-corrected chi connectivity index (χ1v) is 14.0. The van der Waals surface area contributed by atoms with Crippen LogP contribution in [0.3, 0.4) is 0 Å². The predicted octanol–water partition coefficient (Wildman–Crippen LogP) is 3.65. The summed E-state index contributed by atoms with van der Waals surface area (Å²) >= 11 is 0. The fraction of sp³-hybridized carbons (Fsp3) is 0.900. The van der Waals surface area contributed by atoms with E-state index in [9.17, 15) is 14.7 Å². The molecule has 1 aliphatic rings. The Bertz CT molecular complexity index is 528. The molecular weight excluding hydrogens is 376 g/mol. The number of amides is 2. The van der Waals surface area contributed by atoms with E-state index in [1.165, 1.54) is 0 Å². The minimum atomic E-state index is -1.27. The Morgan fingerprint density at radius 1 is 1.18 bits per heavy atom. The Morgan fingerprint density at radius 3 is 2.21 bits per heavy atom. The highest BCUT2D eigenvalue weighted by Crippen LogP contribution is 2.27. The van der Waals surface area contributed by atoms with Gasteiger partial charge >= 0.3 is 12.2 Å². The Morgan fingerprint density at radius 2 is 1.75 bits per heavy atom. The largest absolute Gasteiger partial charge is 0.450 e. The summed E-state index contributed by atoms with van der Waals surface area (Å²) in [5.41, 5.74) is -0.561. The van der Waals surface area contributed by atoms with Crippen molar-refractivity contribution in [1.29, 1.82) is 0 Å². The average molecular weight is 417 g/mol. The standard InChI is InChI=1S/C20H40N2O5Si/c1-15(2)22(19(25)26-9-10-28(6,7)8)13-16-11-21(12-17(16)14-23)18(24)27-20(3,4)5/h15-17,23H,9-14H2,1-8H3/t16-,17-/m0/s1. The highest BCUT2D eigenvalue weighted by atomic mass is 28.3. The zero-order valence-electron chi connectivity index (χ0n) is 18.9. The highest BCUT2D eigenvalue weighted by molar-refractivity contribution is 6.76. The maximum Gasteiger partial charge on any atom is 0.410 e. The van der Waals surface area contributed by atoms with Crippen molar-refractivity contribution in [2.24, 2.45) is 11.8 Å². The second-order valence-electron chi connectivity index (χ2n) is 10.3. The highest BCUT2D eigenvalue weighted by Gasteiger charge is 2.39. The van der Waals surface area contributed by atoms with E-state index in [1.54, 1.807) is 9.80 Å². The van der Waals surface area contributed by atoms with E-state index in [0.717, 1.165) is 6.04 Å². The molecule has 0 aromatic rings. The van der Waals surface area contributed by atoms with Gasteiger partial charge in [0, 0.05) is 52.2 Å². The van der Waals surface area contributed by atoms with Gasteiger partial charge < -0.3 is 24.4 Å². The zero-order valence-corrected chi connectivity index (χ0v) is 19.9. The van der Waals surface area contributed by atoms with Crippen LogP contribution < -0.4 is 0 Å². The summed E-state index contributed by atoms with van der Waals surface area (Å²) in [6.45, 7) is 17.9. The number of ether oxygens (including phenoxy) is 2. The van der Waals surface area contributed by atoms with Crippen molar-refractivity contribution in [2.75, 3.05) is 32.8 Å². The molecule has 2 atom stereocenters. The maximum atomic E-state index is 12.6. The Kier molecular flexibility index (Phi) is 8.81. The molecular formula is C20H40N2O5Si. The molecule has 28 heavy (non-hydrogen) atoms. The lowest BCUT2D eigenvalue weighted by molar-refractivity contribution is 0.0279. The van der Waals surface area contributed by atoms with E-state index >= 15 is 0 Å². The molecule has 0 aromatic carbocycles. The van der Waals surface area contributed by atoms with Crippen LogP contribution in [-0.2, 0) is 9.47 Å². The molecule has 1 rings (SSSR count). The van der Waals surface area contributed by atoms with Crippen molar-refractivity contribution in [3.63, 3.8) is 0 Å². The monoisotopic (exact) mass is 416 g/mol. The number of hydrogen-bond donors (Lipinski definition) is 1. The van der Waals surface area contributed by atoms with Gasteiger partial charge in [-0.05, 0) is 40.7 Å². The van der Waals surface area contributed by atoms with Crippen LogP contribution in [0.5, 0.6) is 0 Å². The molecule has 1 N–H and O–H groups in total. The topological polar surface area (TPSA) is 79.3 Å². The molecule has 0 aliphatic carbocycles. The minimum Gasteiger partial charge on any atom is -0.450 e. The third kappa shape index (κ3) is 8.39. The molecule has 0 bridgehead atoms. The van der Waals surface area contributed by atoms with Crippen LogP contribution in [0.15, 0.2) is 0 Å². The van der Waals surface area contributed by atoms with Crippen molar-refractivity contribution in [3.8, 4) is 0 Å². The summed E-state index contributed by atoms with van der Waals surface area (Å²) in [5.74, 6) is -0.0898. The number of aliphatic hydroxyl groups excluding tert-OH is 1. The molecule has 2 amide bonds. The van der Waals surface area contributed by atoms with Crippen LogP contribution in [0, 0.1) is 11.8 Å². The molecule has 1 aliphatic heterocycles. The number of nitrogens with zero attached hydrogens (tertiary/aromatic N) is 2. The summed E-state index contributed by atoms with van der Waals surface area (Å²) in [5, 5.41) is 9.78. The van der Waals surface area contributed by atoms with Gasteiger partial charge in [-0.15, -0.1) is 0 Å². The van der Waals surface area contributed by atoms with Gasteiger partial charge in [0.25, 0.3) is 0 Å². The summed E-state index contributed by atoms with van der Waals surface area (Å²) < 4.78 is 11.0. The van der Waals surface area contributed by atoms with E-state index < -0.39 is 13.7 Å². The Hall–Kier alpha value is -1.28. The molecule has 0 radical (unpaired) electrons. The lowest BCUT2D eigenvalue weighted by Crippen LogP contribution is -2.43. The van der Waals surface area contributed by atoms with Crippen LogP contribution in [0.25, 0.3) is 0 Å². The second-order valence-corrected chi connectivity index (χ2v) is 15.9. The normalized spacial score (nSPS) is 20.4. The van der Waals surface area contributed by atoms with Crippen molar-refractivity contribution in [2.45, 2.75) is 71.9 Å². The van der Waals surface area contributed by atoms with Gasteiger partial charge in [0.05, 0.1) is 6.61 Å². The molecule has 1 saturated heterocycles. The molecule has 1 fully saturated rings. The fourth-order valence-electron chi connectivity index (χ4n) is 3.10. The van der Waals surface area contributed by atoms with Crippen LogP contribution >= 0.6 is 0 Å². The van der Waals surface area contributed by atoms with Crippen LogP contribution in [0.1, 0.15) is 34.6 Å². The van der Waals surface area contributed by atoms with Crippen LogP contribution in [0.4, 0.5) is 9.59 Å². The van der Waals surface area contributed by atoms with Crippen molar-refractivity contribution >= 4 is 20.3 Å². The number of carbonyl (C=O) groups excluding carboxylic acids is 2. The number of likely N-dealkylation sites (tertiary alicyclic amines) is 1. The van der Waals surface area contributed by atoms with Crippen molar-refractivity contribution in [3.05, 3.63) is 0 Å². The lowest BCUT2D eigenvalue weighted by atomic mass is 9.96. The van der Waals surface area contributed by atoms with Gasteiger partial charge in [-0.1, -0.05) is 19.6 Å². The minimum absolute atomic E-state index is 0.00976. The fourth-order valence-corrected chi connectivity index (χ4v) is 3.82. The number of hydrogen-bond acceptors (Lipinski definition) is 5. The van der Waals surface area contributed by atoms with Crippen molar-refractivity contribution in [1.82, 2.24) is 9.80 Å². The second kappa shape index (κ2) is 9.96. The molecule has 7 nitrogen and oxygen atoms in total. The van der Waals surface area contributed by atoms with Crippen LogP contribution in [0.2, 0.25) is 25.7 Å². The molecule has 0 spiro atoms. The molecule has 0 saturated carbocycles. The third-order valence-corrected chi connectivity index (χ3v) is 6.53. The molecule has 1 heterocycles. The molecule has 8 heteroatoms. The molecule has 0 unspecified atom stereocenters. The summed E-state index contributed by atoms with van der Waals surface area (Å²) in [4.78, 5) is 28.3. The lowest BCUT2D eigenvalue weighted by Gasteiger charge is -2.30. The summed E-state index contributed by atoms with van der Waals surface area (Å²) in [6.07, 6.45) is -0.692. The first kappa shape index (κ1) is 24.8. The molecule has 0 aromatic heterocycles. The van der Waals surface area contributed by atoms with Gasteiger partial charge in [0.1, 0.15) is 5.60 Å². The smallest absolute Gasteiger partial charge is 0.410 e. The zero-order chi connectivity index (χ0) is 21.7. The predicted molar refractivity (Wildman–Crippen MR) is 113 cm³/mol. The third-order valence-electron chi connectivity index (χ3n) is 4.83. The van der Waals surface area contributed by atoms with E-state index in [2.05, 4.69) is 19.6 Å². The van der Waals surface area contributed by atoms with Gasteiger partial charge in [0.15, 0.2) is 0 Å². The van der Waals surface area contributed by atoms with Gasteiger partial charge in [-0.3, -0.25) is 0 Å². The Balaban J connectivity index is 2.72. The first-order valence-electron chi connectivity index (χ1n) is 10.3. The number of aliphatic hydroxyl groups is 1. The van der Waals surface area contributed by atoms with E-state index in [-0.39, 0.29) is 36.7 Å². The van der Waals surface area contributed by atoms with E-state index in [0.29, 0.717) is 26.2 Å². The SMILES string of the molecule is CC(C)N(C[C@@H]1CN(C(=O)OC(C)(C)C)C[C@H]1CO)C(=O)OCC[Si](C)(C)C. The van der Waals surface area contributed by atoms with Gasteiger partial charge in [-0.2, -0.15) is 0 Å².